The number of ether oxygens (including phenoxy) is 3. The first-order valence-electron chi connectivity index (χ1n) is 7.38. The SMILES string of the molecule is CCOc1cc(/C=N\Nc2nc(CC(=O)OC)cs2)cc(Cl)c1OC. The van der Waals surface area contributed by atoms with E-state index in [1.807, 2.05) is 6.92 Å². The number of anilines is 1. The molecular formula is C16H18ClN3O4S. The van der Waals surface area contributed by atoms with Crippen molar-refractivity contribution >= 4 is 40.3 Å². The number of benzene rings is 1. The van der Waals surface area contributed by atoms with Gasteiger partial charge in [0.05, 0.1) is 44.2 Å². The second-order valence-electron chi connectivity index (χ2n) is 4.73. The molecule has 25 heavy (non-hydrogen) atoms. The van der Waals surface area contributed by atoms with Crippen LogP contribution in [0.15, 0.2) is 22.6 Å². The molecule has 0 aliphatic heterocycles. The highest BCUT2D eigenvalue weighted by molar-refractivity contribution is 7.13. The Morgan fingerprint density at radius 1 is 1.44 bits per heavy atom. The van der Waals surface area contributed by atoms with Crippen molar-refractivity contribution in [2.75, 3.05) is 26.3 Å². The second kappa shape index (κ2) is 9.24. The fraction of sp³-hybridized carbons (Fsp3) is 0.312. The fourth-order valence-electron chi connectivity index (χ4n) is 1.95. The molecule has 1 N–H and O–H groups in total. The summed E-state index contributed by atoms with van der Waals surface area (Å²) in [6, 6.07) is 3.50. The van der Waals surface area contributed by atoms with E-state index in [0.29, 0.717) is 34.0 Å². The predicted octanol–water partition coefficient (Wildman–Crippen LogP) is 3.37. The van der Waals surface area contributed by atoms with Crippen molar-refractivity contribution in [3.05, 3.63) is 33.8 Å². The van der Waals surface area contributed by atoms with Crippen molar-refractivity contribution in [1.29, 1.82) is 0 Å². The molecule has 0 saturated carbocycles. The van der Waals surface area contributed by atoms with Crippen molar-refractivity contribution in [3.8, 4) is 11.5 Å². The molecule has 2 rings (SSSR count). The number of hydrazone groups is 1. The minimum absolute atomic E-state index is 0.129. The largest absolute Gasteiger partial charge is 0.491 e. The van der Waals surface area contributed by atoms with Gasteiger partial charge < -0.3 is 14.2 Å². The van der Waals surface area contributed by atoms with E-state index in [-0.39, 0.29) is 12.4 Å². The lowest BCUT2D eigenvalue weighted by molar-refractivity contribution is -0.139. The van der Waals surface area contributed by atoms with Gasteiger partial charge >= 0.3 is 5.97 Å². The molecule has 0 radical (unpaired) electrons. The number of methoxy groups -OCH3 is 2. The summed E-state index contributed by atoms with van der Waals surface area (Å²) in [4.78, 5) is 15.5. The molecule has 134 valence electrons. The second-order valence-corrected chi connectivity index (χ2v) is 6.00. The number of aromatic nitrogens is 1. The molecule has 0 atom stereocenters. The van der Waals surface area contributed by atoms with Crippen LogP contribution in [0.25, 0.3) is 0 Å². The summed E-state index contributed by atoms with van der Waals surface area (Å²) in [5.41, 5.74) is 4.18. The summed E-state index contributed by atoms with van der Waals surface area (Å²) < 4.78 is 15.4. The summed E-state index contributed by atoms with van der Waals surface area (Å²) >= 11 is 7.53. The number of thiazole rings is 1. The quantitative estimate of drug-likeness (QED) is 0.427. The topological polar surface area (TPSA) is 82.0 Å². The van der Waals surface area contributed by atoms with Gasteiger partial charge in [-0.3, -0.25) is 10.2 Å². The maximum atomic E-state index is 11.2. The Morgan fingerprint density at radius 2 is 2.24 bits per heavy atom. The predicted molar refractivity (Wildman–Crippen MR) is 98.2 cm³/mol. The summed E-state index contributed by atoms with van der Waals surface area (Å²) in [6.45, 7) is 2.37. The van der Waals surface area contributed by atoms with Crippen molar-refractivity contribution < 1.29 is 19.0 Å². The average molecular weight is 384 g/mol. The number of nitrogens with zero attached hydrogens (tertiary/aromatic N) is 2. The van der Waals surface area contributed by atoms with Gasteiger partial charge in [-0.2, -0.15) is 5.10 Å². The van der Waals surface area contributed by atoms with E-state index in [4.69, 9.17) is 21.1 Å². The van der Waals surface area contributed by atoms with Gasteiger partial charge in [0, 0.05) is 5.38 Å². The van der Waals surface area contributed by atoms with Gasteiger partial charge in [-0.15, -0.1) is 11.3 Å². The zero-order valence-corrected chi connectivity index (χ0v) is 15.6. The van der Waals surface area contributed by atoms with Crippen LogP contribution < -0.4 is 14.9 Å². The summed E-state index contributed by atoms with van der Waals surface area (Å²) in [5, 5.41) is 6.90. The van der Waals surface area contributed by atoms with Gasteiger partial charge in [-0.25, -0.2) is 4.98 Å². The zero-order valence-electron chi connectivity index (χ0n) is 14.0. The van der Waals surface area contributed by atoms with Crippen LogP contribution in [0.2, 0.25) is 5.02 Å². The Labute approximate surface area is 154 Å². The van der Waals surface area contributed by atoms with Crippen molar-refractivity contribution in [2.24, 2.45) is 5.10 Å². The Bertz CT molecular complexity index is 764. The number of carbonyl (C=O) groups is 1. The molecule has 0 spiro atoms. The first-order valence-corrected chi connectivity index (χ1v) is 8.63. The number of hydrogen-bond donors (Lipinski definition) is 1. The normalized spacial score (nSPS) is 10.7. The Morgan fingerprint density at radius 3 is 2.92 bits per heavy atom. The standard InChI is InChI=1S/C16H18ClN3O4S/c1-4-24-13-6-10(5-12(17)15(13)23-3)8-18-20-16-19-11(9-25-16)7-14(21)22-2/h5-6,8-9H,4,7H2,1-3H3,(H,19,20)/b18-8-. The lowest BCUT2D eigenvalue weighted by Crippen LogP contribution is -2.04. The molecule has 2 aromatic rings. The first-order chi connectivity index (χ1) is 12.1. The summed E-state index contributed by atoms with van der Waals surface area (Å²) in [5.74, 6) is 0.700. The van der Waals surface area contributed by atoms with Crippen LogP contribution in [-0.4, -0.2) is 38.0 Å². The van der Waals surface area contributed by atoms with Crippen LogP contribution in [0, 0.1) is 0 Å². The number of carbonyl (C=O) groups excluding carboxylic acids is 1. The number of nitrogens with one attached hydrogen (secondary N) is 1. The maximum absolute atomic E-state index is 11.2. The molecule has 0 fully saturated rings. The van der Waals surface area contributed by atoms with Crippen molar-refractivity contribution in [3.63, 3.8) is 0 Å². The van der Waals surface area contributed by atoms with E-state index in [0.717, 1.165) is 5.56 Å². The number of esters is 1. The van der Waals surface area contributed by atoms with Gasteiger partial charge in [0.1, 0.15) is 0 Å². The molecule has 0 amide bonds. The average Bonchev–Trinajstić information content (AvgIpc) is 3.02. The van der Waals surface area contributed by atoms with Crippen LogP contribution in [0.4, 0.5) is 5.13 Å². The molecule has 0 unspecified atom stereocenters. The van der Waals surface area contributed by atoms with Crippen LogP contribution >= 0.6 is 22.9 Å². The Balaban J connectivity index is 2.05. The minimum atomic E-state index is -0.336. The van der Waals surface area contributed by atoms with Crippen molar-refractivity contribution in [1.82, 2.24) is 4.98 Å². The van der Waals surface area contributed by atoms with E-state index in [1.54, 1.807) is 23.7 Å². The smallest absolute Gasteiger partial charge is 0.311 e. The third-order valence-corrected chi connectivity index (χ3v) is 4.09. The number of hydrogen-bond acceptors (Lipinski definition) is 8. The molecule has 0 aliphatic carbocycles. The summed E-state index contributed by atoms with van der Waals surface area (Å²) in [7, 11) is 2.88. The molecule has 0 bridgehead atoms. The van der Waals surface area contributed by atoms with Gasteiger partial charge in [0.2, 0.25) is 5.13 Å². The van der Waals surface area contributed by atoms with Gasteiger partial charge in [-0.05, 0) is 24.6 Å². The number of halogens is 1. The molecule has 0 saturated heterocycles. The third kappa shape index (κ3) is 5.33. The lowest BCUT2D eigenvalue weighted by atomic mass is 10.2. The minimum Gasteiger partial charge on any atom is -0.491 e. The molecule has 1 heterocycles. The molecular weight excluding hydrogens is 366 g/mol. The third-order valence-electron chi connectivity index (χ3n) is 3.01. The van der Waals surface area contributed by atoms with E-state index >= 15 is 0 Å². The van der Waals surface area contributed by atoms with Gasteiger partial charge in [-0.1, -0.05) is 11.6 Å². The fourth-order valence-corrected chi connectivity index (χ4v) is 2.90. The zero-order chi connectivity index (χ0) is 18.2. The maximum Gasteiger partial charge on any atom is 0.311 e. The highest BCUT2D eigenvalue weighted by atomic mass is 35.5. The van der Waals surface area contributed by atoms with Crippen molar-refractivity contribution in [2.45, 2.75) is 13.3 Å². The van der Waals surface area contributed by atoms with E-state index in [9.17, 15) is 4.79 Å². The van der Waals surface area contributed by atoms with E-state index < -0.39 is 0 Å². The highest BCUT2D eigenvalue weighted by Gasteiger charge is 2.11. The van der Waals surface area contributed by atoms with Crippen LogP contribution in [-0.2, 0) is 16.0 Å². The Hall–Kier alpha value is -2.32. The Kier molecular flexibility index (Phi) is 7.03. The van der Waals surface area contributed by atoms with Gasteiger partial charge in [0.25, 0.3) is 0 Å². The van der Waals surface area contributed by atoms with E-state index in [2.05, 4.69) is 20.2 Å². The van der Waals surface area contributed by atoms with Crippen LogP contribution in [0.1, 0.15) is 18.2 Å². The van der Waals surface area contributed by atoms with Gasteiger partial charge in [0.15, 0.2) is 11.5 Å². The lowest BCUT2D eigenvalue weighted by Gasteiger charge is -2.11. The molecule has 1 aromatic heterocycles. The van der Waals surface area contributed by atoms with Crippen LogP contribution in [0.3, 0.4) is 0 Å². The number of rotatable bonds is 8. The molecule has 1 aromatic carbocycles. The van der Waals surface area contributed by atoms with E-state index in [1.165, 1.54) is 25.6 Å². The summed E-state index contributed by atoms with van der Waals surface area (Å²) in [6.07, 6.45) is 1.72. The monoisotopic (exact) mass is 383 g/mol. The molecule has 0 aliphatic rings. The van der Waals surface area contributed by atoms with Crippen LogP contribution in [0.5, 0.6) is 11.5 Å². The highest BCUT2D eigenvalue weighted by Crippen LogP contribution is 2.35. The molecule has 9 heteroatoms. The molecule has 7 nitrogen and oxygen atoms in total. The first kappa shape index (κ1) is 19.0.